The standard InChI is InChI=1S/C20H25N5O2/c1-11-5-6-12(2)16-15(11)13(3)17(27-16)19(26)23-20-22-18(24-25(20)4)14-7-9-21-10-8-14/h5-6,14,21H,7-10H2,1-4H3,(H,22,23,24,26). The number of aryl methyl sites for hydroxylation is 4. The molecule has 0 unspecified atom stereocenters. The summed E-state index contributed by atoms with van der Waals surface area (Å²) in [5.41, 5.74) is 3.74. The summed E-state index contributed by atoms with van der Waals surface area (Å²) in [4.78, 5) is 17.4. The molecule has 0 radical (unpaired) electrons. The van der Waals surface area contributed by atoms with Crippen LogP contribution in [0, 0.1) is 20.8 Å². The molecule has 3 heterocycles. The van der Waals surface area contributed by atoms with Gasteiger partial charge in [0.25, 0.3) is 5.91 Å². The molecule has 0 spiro atoms. The van der Waals surface area contributed by atoms with E-state index in [0.717, 1.165) is 59.4 Å². The average Bonchev–Trinajstić information content (AvgIpc) is 3.20. The van der Waals surface area contributed by atoms with Gasteiger partial charge in [0, 0.05) is 23.9 Å². The van der Waals surface area contributed by atoms with E-state index in [0.29, 0.717) is 17.6 Å². The monoisotopic (exact) mass is 367 g/mol. The summed E-state index contributed by atoms with van der Waals surface area (Å²) in [5.74, 6) is 1.61. The van der Waals surface area contributed by atoms with E-state index in [1.54, 1.807) is 11.7 Å². The normalized spacial score (nSPS) is 15.4. The number of nitrogens with zero attached hydrogens (tertiary/aromatic N) is 3. The molecular weight excluding hydrogens is 342 g/mol. The highest BCUT2D eigenvalue weighted by atomic mass is 16.3. The van der Waals surface area contributed by atoms with Crippen LogP contribution in [0.2, 0.25) is 0 Å². The Morgan fingerprint density at radius 2 is 1.93 bits per heavy atom. The third-order valence-corrected chi connectivity index (χ3v) is 5.40. The molecular formula is C20H25N5O2. The molecule has 7 heteroatoms. The van der Waals surface area contributed by atoms with Crippen LogP contribution >= 0.6 is 0 Å². The number of anilines is 1. The van der Waals surface area contributed by atoms with Crippen LogP contribution in [0.5, 0.6) is 0 Å². The zero-order chi connectivity index (χ0) is 19.1. The number of hydrogen-bond donors (Lipinski definition) is 2. The molecule has 1 aromatic carbocycles. The number of nitrogens with one attached hydrogen (secondary N) is 2. The fourth-order valence-corrected chi connectivity index (χ4v) is 3.82. The van der Waals surface area contributed by atoms with Crippen molar-refractivity contribution in [2.45, 2.75) is 39.5 Å². The number of benzene rings is 1. The van der Waals surface area contributed by atoms with Crippen molar-refractivity contribution in [2.24, 2.45) is 7.05 Å². The van der Waals surface area contributed by atoms with Gasteiger partial charge in [0.2, 0.25) is 5.95 Å². The Morgan fingerprint density at radius 3 is 2.63 bits per heavy atom. The van der Waals surface area contributed by atoms with Gasteiger partial charge in [0.1, 0.15) is 5.58 Å². The first-order chi connectivity index (χ1) is 13.0. The Hall–Kier alpha value is -2.67. The van der Waals surface area contributed by atoms with Crippen molar-refractivity contribution in [3.8, 4) is 0 Å². The molecule has 0 atom stereocenters. The second-order valence-electron chi connectivity index (χ2n) is 7.36. The maximum atomic E-state index is 12.9. The number of piperidine rings is 1. The van der Waals surface area contributed by atoms with Gasteiger partial charge >= 0.3 is 0 Å². The Bertz CT molecular complexity index is 1010. The first-order valence-electron chi connectivity index (χ1n) is 9.38. The van der Waals surface area contributed by atoms with Crippen molar-refractivity contribution < 1.29 is 9.21 Å². The minimum absolute atomic E-state index is 0.296. The number of hydrogen-bond acceptors (Lipinski definition) is 5. The second-order valence-corrected chi connectivity index (χ2v) is 7.36. The number of furan rings is 1. The van der Waals surface area contributed by atoms with E-state index in [4.69, 9.17) is 4.42 Å². The third kappa shape index (κ3) is 3.12. The van der Waals surface area contributed by atoms with E-state index in [1.807, 2.05) is 26.8 Å². The highest BCUT2D eigenvalue weighted by Crippen LogP contribution is 2.31. The van der Waals surface area contributed by atoms with Crippen LogP contribution in [0.15, 0.2) is 16.5 Å². The lowest BCUT2D eigenvalue weighted by atomic mass is 9.98. The highest BCUT2D eigenvalue weighted by molar-refractivity contribution is 6.06. The first kappa shape index (κ1) is 17.7. The SMILES string of the molecule is Cc1ccc(C)c2c(C)c(C(=O)Nc3nc(C4CCNCC4)nn3C)oc12. The van der Waals surface area contributed by atoms with Crippen molar-refractivity contribution in [3.63, 3.8) is 0 Å². The Balaban J connectivity index is 1.62. The lowest BCUT2D eigenvalue weighted by Gasteiger charge is -2.19. The number of fused-ring (bicyclic) bond motifs is 1. The zero-order valence-corrected chi connectivity index (χ0v) is 16.2. The smallest absolute Gasteiger partial charge is 0.294 e. The van der Waals surface area contributed by atoms with Gasteiger partial charge in [0.05, 0.1) is 0 Å². The fourth-order valence-electron chi connectivity index (χ4n) is 3.82. The number of carbonyl (C=O) groups is 1. The molecule has 0 aliphatic carbocycles. The molecule has 4 rings (SSSR count). The van der Waals surface area contributed by atoms with Crippen molar-refractivity contribution >= 4 is 22.8 Å². The Labute approximate surface area is 158 Å². The van der Waals surface area contributed by atoms with Crippen LogP contribution in [-0.2, 0) is 7.05 Å². The summed E-state index contributed by atoms with van der Waals surface area (Å²) in [7, 11) is 1.80. The molecule has 1 aliphatic rings. The lowest BCUT2D eigenvalue weighted by molar-refractivity contribution is 0.0996. The highest BCUT2D eigenvalue weighted by Gasteiger charge is 2.24. The van der Waals surface area contributed by atoms with Crippen LogP contribution in [-0.4, -0.2) is 33.8 Å². The van der Waals surface area contributed by atoms with Gasteiger partial charge < -0.3 is 9.73 Å². The summed E-state index contributed by atoms with van der Waals surface area (Å²) < 4.78 is 7.56. The third-order valence-electron chi connectivity index (χ3n) is 5.40. The quantitative estimate of drug-likeness (QED) is 0.742. The van der Waals surface area contributed by atoms with Crippen molar-refractivity contribution in [2.75, 3.05) is 18.4 Å². The van der Waals surface area contributed by atoms with Crippen molar-refractivity contribution in [1.82, 2.24) is 20.1 Å². The van der Waals surface area contributed by atoms with Gasteiger partial charge in [-0.2, -0.15) is 10.1 Å². The molecule has 142 valence electrons. The fraction of sp³-hybridized carbons (Fsp3) is 0.450. The van der Waals surface area contributed by atoms with E-state index in [1.165, 1.54) is 0 Å². The first-order valence-corrected chi connectivity index (χ1v) is 9.38. The summed E-state index contributed by atoms with van der Waals surface area (Å²) in [6.07, 6.45) is 2.03. The number of rotatable bonds is 3. The van der Waals surface area contributed by atoms with E-state index < -0.39 is 0 Å². The predicted octanol–water partition coefficient (Wildman–Crippen LogP) is 3.21. The Morgan fingerprint density at radius 1 is 1.22 bits per heavy atom. The lowest BCUT2D eigenvalue weighted by Crippen LogP contribution is -2.27. The molecule has 1 aliphatic heterocycles. The maximum absolute atomic E-state index is 12.9. The van der Waals surface area contributed by atoms with E-state index >= 15 is 0 Å². The van der Waals surface area contributed by atoms with Crippen molar-refractivity contribution in [1.29, 1.82) is 0 Å². The largest absolute Gasteiger partial charge is 0.450 e. The van der Waals surface area contributed by atoms with Gasteiger partial charge in [0.15, 0.2) is 11.6 Å². The summed E-state index contributed by atoms with van der Waals surface area (Å²) in [6, 6.07) is 4.06. The zero-order valence-electron chi connectivity index (χ0n) is 16.2. The van der Waals surface area contributed by atoms with Crippen LogP contribution in [0.4, 0.5) is 5.95 Å². The van der Waals surface area contributed by atoms with E-state index in [-0.39, 0.29) is 5.91 Å². The van der Waals surface area contributed by atoms with Gasteiger partial charge in [-0.15, -0.1) is 0 Å². The van der Waals surface area contributed by atoms with Crippen LogP contribution in [0.3, 0.4) is 0 Å². The van der Waals surface area contributed by atoms with Crippen molar-refractivity contribution in [3.05, 3.63) is 40.4 Å². The van der Waals surface area contributed by atoms with E-state index in [2.05, 4.69) is 26.8 Å². The molecule has 1 saturated heterocycles. The summed E-state index contributed by atoms with van der Waals surface area (Å²) in [6.45, 7) is 7.88. The van der Waals surface area contributed by atoms with Gasteiger partial charge in [-0.25, -0.2) is 4.68 Å². The van der Waals surface area contributed by atoms with Crippen LogP contribution < -0.4 is 10.6 Å². The molecule has 27 heavy (non-hydrogen) atoms. The molecule has 2 aromatic heterocycles. The number of amides is 1. The second kappa shape index (κ2) is 6.81. The predicted molar refractivity (Wildman–Crippen MR) is 104 cm³/mol. The average molecular weight is 367 g/mol. The minimum Gasteiger partial charge on any atom is -0.450 e. The molecule has 3 aromatic rings. The molecule has 7 nitrogen and oxygen atoms in total. The summed E-state index contributed by atoms with van der Waals surface area (Å²) >= 11 is 0. The maximum Gasteiger partial charge on any atom is 0.294 e. The van der Waals surface area contributed by atoms with E-state index in [9.17, 15) is 4.79 Å². The van der Waals surface area contributed by atoms with Gasteiger partial charge in [-0.05, 0) is 57.8 Å². The van der Waals surface area contributed by atoms with Gasteiger partial charge in [-0.1, -0.05) is 12.1 Å². The topological polar surface area (TPSA) is 85.0 Å². The minimum atomic E-state index is -0.296. The van der Waals surface area contributed by atoms with Crippen LogP contribution in [0.25, 0.3) is 11.0 Å². The Kier molecular flexibility index (Phi) is 4.47. The molecule has 1 fully saturated rings. The number of aromatic nitrogens is 3. The molecule has 0 bridgehead atoms. The molecule has 2 N–H and O–H groups in total. The van der Waals surface area contributed by atoms with Crippen LogP contribution in [0.1, 0.15) is 51.8 Å². The van der Waals surface area contributed by atoms with Gasteiger partial charge in [-0.3, -0.25) is 10.1 Å². The summed E-state index contributed by atoms with van der Waals surface area (Å²) in [5, 5.41) is 11.7. The molecule has 1 amide bonds. The number of carbonyl (C=O) groups excluding carboxylic acids is 1. The molecule has 0 saturated carbocycles.